The van der Waals surface area contributed by atoms with E-state index in [4.69, 9.17) is 0 Å². The van der Waals surface area contributed by atoms with Crippen LogP contribution >= 0.6 is 11.3 Å². The minimum absolute atomic E-state index is 0.144. The molecule has 0 bridgehead atoms. The molecule has 3 rings (SSSR count). The average Bonchev–Trinajstić information content (AvgIpc) is 2.99. The fourth-order valence-electron chi connectivity index (χ4n) is 2.45. The number of nitrogens with one attached hydrogen (secondary N) is 1. The van der Waals surface area contributed by atoms with E-state index in [0.29, 0.717) is 12.4 Å². The number of thiophene rings is 1. The summed E-state index contributed by atoms with van der Waals surface area (Å²) >= 11 is 1.44. The fraction of sp³-hybridized carbons (Fsp3) is 0.278. The molecule has 5 heteroatoms. The van der Waals surface area contributed by atoms with Crippen molar-refractivity contribution in [2.75, 3.05) is 12.4 Å². The summed E-state index contributed by atoms with van der Waals surface area (Å²) in [6.45, 7) is 6.06. The maximum absolute atomic E-state index is 12.0. The third kappa shape index (κ3) is 2.84. The van der Waals surface area contributed by atoms with Crippen molar-refractivity contribution in [3.63, 3.8) is 0 Å². The molecular weight excluding hydrogens is 306 g/mol. The molecule has 2 heterocycles. The van der Waals surface area contributed by atoms with Crippen molar-refractivity contribution in [3.8, 4) is 11.3 Å². The number of carbonyl (C=O) groups is 1. The molecule has 0 saturated heterocycles. The molecule has 118 valence electrons. The van der Waals surface area contributed by atoms with Gasteiger partial charge in [0.1, 0.15) is 4.83 Å². The summed E-state index contributed by atoms with van der Waals surface area (Å²) in [7, 11) is 1.80. The van der Waals surface area contributed by atoms with Gasteiger partial charge in [-0.1, -0.05) is 19.1 Å². The SMILES string of the molecule is CCC(=O)c1cc2c(-c3ccc(C)c(C)c3)nc(NC)nc2s1. The van der Waals surface area contributed by atoms with Gasteiger partial charge in [-0.2, -0.15) is 0 Å². The normalized spacial score (nSPS) is 11.0. The van der Waals surface area contributed by atoms with E-state index < -0.39 is 0 Å². The number of hydrogen-bond donors (Lipinski definition) is 1. The molecule has 0 atom stereocenters. The number of aromatic nitrogens is 2. The first-order valence-electron chi connectivity index (χ1n) is 7.63. The molecular formula is C18H19N3OS. The second-order valence-electron chi connectivity index (χ2n) is 5.55. The molecule has 0 unspecified atom stereocenters. The number of anilines is 1. The predicted molar refractivity (Wildman–Crippen MR) is 96.5 cm³/mol. The zero-order chi connectivity index (χ0) is 16.6. The van der Waals surface area contributed by atoms with Gasteiger partial charge in [-0.3, -0.25) is 4.79 Å². The first-order chi connectivity index (χ1) is 11.0. The number of fused-ring (bicyclic) bond motifs is 1. The van der Waals surface area contributed by atoms with Gasteiger partial charge in [0.05, 0.1) is 10.6 Å². The molecule has 3 aromatic rings. The number of benzene rings is 1. The number of carbonyl (C=O) groups excluding carboxylic acids is 1. The Morgan fingerprint density at radius 1 is 1.17 bits per heavy atom. The Morgan fingerprint density at radius 2 is 1.96 bits per heavy atom. The monoisotopic (exact) mass is 325 g/mol. The summed E-state index contributed by atoms with van der Waals surface area (Å²) in [4.78, 5) is 22.8. The van der Waals surface area contributed by atoms with Gasteiger partial charge >= 0.3 is 0 Å². The number of Topliss-reactive ketones (excluding diaryl/α,β-unsaturated/α-hetero) is 1. The Morgan fingerprint density at radius 3 is 2.61 bits per heavy atom. The lowest BCUT2D eigenvalue weighted by molar-refractivity contribution is 0.0992. The highest BCUT2D eigenvalue weighted by molar-refractivity contribution is 7.20. The molecule has 1 aromatic carbocycles. The van der Waals surface area contributed by atoms with Gasteiger partial charge in [0.15, 0.2) is 5.78 Å². The van der Waals surface area contributed by atoms with Crippen molar-refractivity contribution in [2.45, 2.75) is 27.2 Å². The average molecular weight is 325 g/mol. The highest BCUT2D eigenvalue weighted by Crippen LogP contribution is 2.34. The molecule has 0 aliphatic heterocycles. The Hall–Kier alpha value is -2.27. The van der Waals surface area contributed by atoms with Gasteiger partial charge in [-0.25, -0.2) is 9.97 Å². The summed E-state index contributed by atoms with van der Waals surface area (Å²) in [5.74, 6) is 0.716. The van der Waals surface area contributed by atoms with Crippen LogP contribution in [0.4, 0.5) is 5.95 Å². The zero-order valence-corrected chi connectivity index (χ0v) is 14.5. The molecule has 0 aliphatic carbocycles. The summed E-state index contributed by atoms with van der Waals surface area (Å²) in [5.41, 5.74) is 4.39. The summed E-state index contributed by atoms with van der Waals surface area (Å²) in [5, 5.41) is 3.95. The molecule has 0 saturated carbocycles. The number of ketones is 1. The molecule has 0 radical (unpaired) electrons. The van der Waals surface area contributed by atoms with Gasteiger partial charge in [0.25, 0.3) is 0 Å². The van der Waals surface area contributed by atoms with Crippen LogP contribution in [0.25, 0.3) is 21.5 Å². The van der Waals surface area contributed by atoms with Crippen LogP contribution in [0.15, 0.2) is 24.3 Å². The van der Waals surface area contributed by atoms with Crippen LogP contribution < -0.4 is 5.32 Å². The fourth-order valence-corrected chi connectivity index (χ4v) is 3.49. The standard InChI is InChI=1S/C18H19N3OS/c1-5-14(22)15-9-13-16(12-7-6-10(2)11(3)8-12)20-18(19-4)21-17(13)23-15/h6-9H,5H2,1-4H3,(H,19,20,21). The Balaban J connectivity index is 2.26. The number of rotatable bonds is 4. The summed E-state index contributed by atoms with van der Waals surface area (Å²) in [6, 6.07) is 8.23. The lowest BCUT2D eigenvalue weighted by atomic mass is 10.0. The third-order valence-electron chi connectivity index (χ3n) is 3.99. The quantitative estimate of drug-likeness (QED) is 0.712. The molecule has 2 aromatic heterocycles. The largest absolute Gasteiger partial charge is 0.357 e. The molecule has 23 heavy (non-hydrogen) atoms. The number of aryl methyl sites for hydroxylation is 2. The van der Waals surface area contributed by atoms with E-state index >= 15 is 0 Å². The van der Waals surface area contributed by atoms with Crippen LogP contribution in [0.3, 0.4) is 0 Å². The van der Waals surface area contributed by atoms with Crippen molar-refractivity contribution in [1.82, 2.24) is 9.97 Å². The van der Waals surface area contributed by atoms with Crippen LogP contribution in [0.2, 0.25) is 0 Å². The number of nitrogens with zero attached hydrogens (tertiary/aromatic N) is 2. The van der Waals surface area contributed by atoms with Gasteiger partial charge in [0, 0.05) is 24.4 Å². The van der Waals surface area contributed by atoms with Crippen molar-refractivity contribution in [3.05, 3.63) is 40.3 Å². The smallest absolute Gasteiger partial charge is 0.224 e. The van der Waals surface area contributed by atoms with Crippen molar-refractivity contribution < 1.29 is 4.79 Å². The van der Waals surface area contributed by atoms with E-state index in [1.54, 1.807) is 7.05 Å². The summed E-state index contributed by atoms with van der Waals surface area (Å²) in [6.07, 6.45) is 0.498. The Bertz CT molecular complexity index is 899. The van der Waals surface area contributed by atoms with Crippen molar-refractivity contribution in [2.24, 2.45) is 0 Å². The zero-order valence-electron chi connectivity index (χ0n) is 13.7. The number of hydrogen-bond acceptors (Lipinski definition) is 5. The van der Waals surface area contributed by atoms with E-state index in [-0.39, 0.29) is 5.78 Å². The second kappa shape index (κ2) is 6.08. The second-order valence-corrected chi connectivity index (χ2v) is 6.58. The van der Waals surface area contributed by atoms with E-state index in [1.165, 1.54) is 22.5 Å². The van der Waals surface area contributed by atoms with Gasteiger partial charge < -0.3 is 5.32 Å². The minimum atomic E-state index is 0.144. The van der Waals surface area contributed by atoms with Crippen molar-refractivity contribution >= 4 is 33.3 Å². The molecule has 0 aliphatic rings. The lowest BCUT2D eigenvalue weighted by Crippen LogP contribution is -1.98. The van der Waals surface area contributed by atoms with Crippen LogP contribution in [-0.4, -0.2) is 22.8 Å². The van der Waals surface area contributed by atoms with Crippen molar-refractivity contribution in [1.29, 1.82) is 0 Å². The maximum atomic E-state index is 12.0. The molecule has 0 spiro atoms. The van der Waals surface area contributed by atoms with E-state index in [9.17, 15) is 4.79 Å². The molecule has 1 N–H and O–H groups in total. The topological polar surface area (TPSA) is 54.9 Å². The molecule has 0 amide bonds. The first-order valence-corrected chi connectivity index (χ1v) is 8.45. The maximum Gasteiger partial charge on any atom is 0.224 e. The van der Waals surface area contributed by atoms with Crippen LogP contribution in [-0.2, 0) is 0 Å². The molecule has 0 fully saturated rings. The van der Waals surface area contributed by atoms with E-state index in [1.807, 2.05) is 13.0 Å². The van der Waals surface area contributed by atoms with Gasteiger partial charge in [-0.05, 0) is 37.1 Å². The minimum Gasteiger partial charge on any atom is -0.357 e. The highest BCUT2D eigenvalue weighted by Gasteiger charge is 2.16. The van der Waals surface area contributed by atoms with Gasteiger partial charge in [-0.15, -0.1) is 11.3 Å². The Labute approximate surface area is 139 Å². The lowest BCUT2D eigenvalue weighted by Gasteiger charge is -2.08. The van der Waals surface area contributed by atoms with Crippen LogP contribution in [0.1, 0.15) is 34.1 Å². The molecule has 4 nitrogen and oxygen atoms in total. The predicted octanol–water partition coefficient (Wildman–Crippen LogP) is 4.61. The first kappa shape index (κ1) is 15.6. The van der Waals surface area contributed by atoms with Crippen LogP contribution in [0.5, 0.6) is 0 Å². The summed E-state index contributed by atoms with van der Waals surface area (Å²) < 4.78 is 0. The van der Waals surface area contributed by atoms with Crippen LogP contribution in [0, 0.1) is 13.8 Å². The Kier molecular flexibility index (Phi) is 4.13. The van der Waals surface area contributed by atoms with Gasteiger partial charge in [0.2, 0.25) is 5.95 Å². The van der Waals surface area contributed by atoms with E-state index in [0.717, 1.165) is 26.4 Å². The highest BCUT2D eigenvalue weighted by atomic mass is 32.1. The van der Waals surface area contributed by atoms with E-state index in [2.05, 4.69) is 47.3 Å². The third-order valence-corrected chi connectivity index (χ3v) is 5.06.